The lowest BCUT2D eigenvalue weighted by Gasteiger charge is -2.14. The van der Waals surface area contributed by atoms with Gasteiger partial charge in [-0.3, -0.25) is 13.7 Å². The molecule has 1 unspecified atom stereocenters. The van der Waals surface area contributed by atoms with Crippen molar-refractivity contribution in [1.82, 2.24) is 15.1 Å². The van der Waals surface area contributed by atoms with Crippen molar-refractivity contribution in [3.05, 3.63) is 94.8 Å². The fraction of sp³-hybridized carbons (Fsp3) is 0.250. The van der Waals surface area contributed by atoms with E-state index in [0.29, 0.717) is 18.1 Å². The lowest BCUT2D eigenvalue weighted by molar-refractivity contribution is -0.117. The summed E-state index contributed by atoms with van der Waals surface area (Å²) in [7, 11) is -0.881. The Morgan fingerprint density at radius 1 is 1.17 bits per heavy atom. The van der Waals surface area contributed by atoms with Gasteiger partial charge in [0, 0.05) is 40.3 Å². The number of nitrogens with zero attached hydrogens (tertiary/aromatic N) is 2. The van der Waals surface area contributed by atoms with Gasteiger partial charge in [-0.25, -0.2) is 0 Å². The van der Waals surface area contributed by atoms with Gasteiger partial charge >= 0.3 is 0 Å². The van der Waals surface area contributed by atoms with Crippen molar-refractivity contribution < 1.29 is 9.00 Å². The topological polar surface area (TPSA) is 64.0 Å². The molecule has 2 aromatic carbocycles. The molecule has 2 heterocycles. The second-order valence-corrected chi connectivity index (χ2v) is 9.04. The fourth-order valence-corrected chi connectivity index (χ4v) is 4.90. The molecule has 4 rings (SSSR count). The van der Waals surface area contributed by atoms with Crippen molar-refractivity contribution in [1.29, 1.82) is 0 Å². The molecule has 6 heteroatoms. The standard InChI is InChI=1S/C24H25N3O2S/c1-18(20-10-6-3-7-11-20)25-24(28)13-12-22-21-17-30(29)15-14-23(21)27(26-22)16-19-8-4-2-5-9-19/h2-13,18H,14-17H2,1H3,(H,25,28)/b13-12+/t18-,30?/m0/s1. The van der Waals surface area contributed by atoms with Crippen molar-refractivity contribution in [2.75, 3.05) is 5.75 Å². The van der Waals surface area contributed by atoms with Crippen LogP contribution in [0.3, 0.4) is 0 Å². The molecule has 0 radical (unpaired) electrons. The molecule has 0 fully saturated rings. The van der Waals surface area contributed by atoms with Crippen LogP contribution in [0.1, 0.15) is 41.0 Å². The van der Waals surface area contributed by atoms with Crippen LogP contribution in [0.15, 0.2) is 66.7 Å². The van der Waals surface area contributed by atoms with Gasteiger partial charge in [-0.1, -0.05) is 60.7 Å². The maximum absolute atomic E-state index is 12.4. The van der Waals surface area contributed by atoms with Crippen molar-refractivity contribution in [2.24, 2.45) is 0 Å². The Balaban J connectivity index is 1.53. The van der Waals surface area contributed by atoms with Crippen molar-refractivity contribution in [3.63, 3.8) is 0 Å². The van der Waals surface area contributed by atoms with Crippen LogP contribution in [0, 0.1) is 0 Å². The van der Waals surface area contributed by atoms with E-state index in [0.717, 1.165) is 28.9 Å². The number of rotatable bonds is 6. The Hall–Kier alpha value is -2.99. The van der Waals surface area contributed by atoms with Crippen molar-refractivity contribution in [2.45, 2.75) is 31.7 Å². The number of carbonyl (C=O) groups is 1. The van der Waals surface area contributed by atoms with Crippen LogP contribution in [0.4, 0.5) is 0 Å². The predicted octanol–water partition coefficient (Wildman–Crippen LogP) is 3.63. The SMILES string of the molecule is C[C@H](NC(=O)/C=C/c1nn(Cc2ccccc2)c2c1CS(=O)CC2)c1ccccc1. The molecule has 5 nitrogen and oxygen atoms in total. The minimum atomic E-state index is -0.881. The fourth-order valence-electron chi connectivity index (χ4n) is 3.70. The Bertz CT molecular complexity index is 1070. The first-order valence-corrected chi connectivity index (χ1v) is 11.6. The molecule has 1 N–H and O–H groups in total. The highest BCUT2D eigenvalue weighted by Gasteiger charge is 2.23. The zero-order chi connectivity index (χ0) is 20.9. The maximum atomic E-state index is 12.4. The lowest BCUT2D eigenvalue weighted by Crippen LogP contribution is -2.24. The summed E-state index contributed by atoms with van der Waals surface area (Å²) in [5.74, 6) is 0.979. The van der Waals surface area contributed by atoms with Gasteiger partial charge in [0.2, 0.25) is 5.91 Å². The van der Waals surface area contributed by atoms with Crippen LogP contribution in [-0.2, 0) is 34.3 Å². The molecular weight excluding hydrogens is 394 g/mol. The van der Waals surface area contributed by atoms with Gasteiger partial charge in [0.15, 0.2) is 0 Å². The zero-order valence-corrected chi connectivity index (χ0v) is 17.8. The first-order chi connectivity index (χ1) is 14.6. The van der Waals surface area contributed by atoms with E-state index >= 15 is 0 Å². The lowest BCUT2D eigenvalue weighted by atomic mass is 10.1. The molecule has 2 atom stereocenters. The van der Waals surface area contributed by atoms with E-state index in [9.17, 15) is 9.00 Å². The molecule has 1 aliphatic heterocycles. The average Bonchev–Trinajstić information content (AvgIpc) is 3.10. The van der Waals surface area contributed by atoms with Gasteiger partial charge in [0.1, 0.15) is 0 Å². The average molecular weight is 420 g/mol. The Labute approximate surface area is 179 Å². The molecular formula is C24H25N3O2S. The van der Waals surface area contributed by atoms with E-state index < -0.39 is 10.8 Å². The number of amides is 1. The van der Waals surface area contributed by atoms with Crippen LogP contribution >= 0.6 is 0 Å². The van der Waals surface area contributed by atoms with Gasteiger partial charge in [-0.15, -0.1) is 0 Å². The van der Waals surface area contributed by atoms with Gasteiger partial charge in [0.05, 0.1) is 24.0 Å². The number of aromatic nitrogens is 2. The number of nitrogens with one attached hydrogen (secondary N) is 1. The Morgan fingerprint density at radius 2 is 1.87 bits per heavy atom. The van der Waals surface area contributed by atoms with Crippen LogP contribution in [-0.4, -0.2) is 25.6 Å². The number of benzene rings is 2. The third-order valence-corrected chi connectivity index (χ3v) is 6.57. The molecule has 1 aromatic heterocycles. The van der Waals surface area contributed by atoms with Crippen molar-refractivity contribution >= 4 is 22.8 Å². The molecule has 0 spiro atoms. The first-order valence-electron chi connectivity index (χ1n) is 10.1. The largest absolute Gasteiger partial charge is 0.346 e. The van der Waals surface area contributed by atoms with Gasteiger partial charge < -0.3 is 5.32 Å². The Morgan fingerprint density at radius 3 is 2.60 bits per heavy atom. The second kappa shape index (κ2) is 9.22. The number of hydrogen-bond donors (Lipinski definition) is 1. The normalized spacial score (nSPS) is 16.9. The molecule has 3 aromatic rings. The van der Waals surface area contributed by atoms with E-state index in [2.05, 4.69) is 17.4 Å². The molecule has 0 saturated heterocycles. The number of fused-ring (bicyclic) bond motifs is 1. The zero-order valence-electron chi connectivity index (χ0n) is 17.0. The van der Waals surface area contributed by atoms with E-state index in [1.807, 2.05) is 60.1 Å². The summed E-state index contributed by atoms with van der Waals surface area (Å²) in [6.07, 6.45) is 4.01. The van der Waals surface area contributed by atoms with Crippen molar-refractivity contribution in [3.8, 4) is 0 Å². The molecule has 30 heavy (non-hydrogen) atoms. The van der Waals surface area contributed by atoms with Crippen LogP contribution in [0.2, 0.25) is 0 Å². The predicted molar refractivity (Wildman–Crippen MR) is 120 cm³/mol. The van der Waals surface area contributed by atoms with Gasteiger partial charge in [-0.2, -0.15) is 5.10 Å². The summed E-state index contributed by atoms with van der Waals surface area (Å²) >= 11 is 0. The summed E-state index contributed by atoms with van der Waals surface area (Å²) in [5.41, 5.74) is 5.07. The summed E-state index contributed by atoms with van der Waals surface area (Å²) in [6, 6.07) is 19.9. The van der Waals surface area contributed by atoms with Gasteiger partial charge in [0.25, 0.3) is 0 Å². The van der Waals surface area contributed by atoms with E-state index in [4.69, 9.17) is 5.10 Å². The van der Waals surface area contributed by atoms with Crippen LogP contribution in [0.5, 0.6) is 0 Å². The molecule has 154 valence electrons. The van der Waals surface area contributed by atoms with E-state index in [-0.39, 0.29) is 11.9 Å². The molecule has 1 aliphatic rings. The summed E-state index contributed by atoms with van der Waals surface area (Å²) in [6.45, 7) is 2.63. The Kier molecular flexibility index (Phi) is 6.23. The number of carbonyl (C=O) groups excluding carboxylic acids is 1. The molecule has 0 aliphatic carbocycles. The molecule has 0 bridgehead atoms. The monoisotopic (exact) mass is 419 g/mol. The van der Waals surface area contributed by atoms with E-state index in [1.54, 1.807) is 6.08 Å². The highest BCUT2D eigenvalue weighted by Crippen LogP contribution is 2.24. The second-order valence-electron chi connectivity index (χ2n) is 7.47. The third-order valence-electron chi connectivity index (χ3n) is 5.30. The molecule has 1 amide bonds. The smallest absolute Gasteiger partial charge is 0.244 e. The summed E-state index contributed by atoms with van der Waals surface area (Å²) < 4.78 is 14.1. The highest BCUT2D eigenvalue weighted by molar-refractivity contribution is 7.84. The highest BCUT2D eigenvalue weighted by atomic mass is 32.2. The summed E-state index contributed by atoms with van der Waals surface area (Å²) in [5, 5.41) is 7.73. The summed E-state index contributed by atoms with van der Waals surface area (Å²) in [4.78, 5) is 12.4. The first kappa shape index (κ1) is 20.3. The van der Waals surface area contributed by atoms with Crippen LogP contribution in [0.25, 0.3) is 6.08 Å². The maximum Gasteiger partial charge on any atom is 0.244 e. The minimum Gasteiger partial charge on any atom is -0.346 e. The minimum absolute atomic E-state index is 0.0830. The molecule has 0 saturated carbocycles. The number of hydrogen-bond acceptors (Lipinski definition) is 3. The third kappa shape index (κ3) is 4.76. The van der Waals surface area contributed by atoms with Gasteiger partial charge in [-0.05, 0) is 24.1 Å². The quantitative estimate of drug-likeness (QED) is 0.621. The van der Waals surface area contributed by atoms with Crippen LogP contribution < -0.4 is 5.32 Å². The van der Waals surface area contributed by atoms with E-state index in [1.165, 1.54) is 11.6 Å².